The molecule has 0 unspecified atom stereocenters. The third-order valence-corrected chi connectivity index (χ3v) is 4.77. The van der Waals surface area contributed by atoms with Crippen molar-refractivity contribution in [2.75, 3.05) is 18.5 Å². The van der Waals surface area contributed by atoms with Crippen LogP contribution < -0.4 is 10.6 Å². The highest BCUT2D eigenvalue weighted by Gasteiger charge is 2.56. The van der Waals surface area contributed by atoms with Crippen molar-refractivity contribution < 1.29 is 23.9 Å². The Kier molecular flexibility index (Phi) is 4.67. The number of rotatable bonds is 6. The molecule has 8 nitrogen and oxygen atoms in total. The second-order valence-corrected chi connectivity index (χ2v) is 6.82. The summed E-state index contributed by atoms with van der Waals surface area (Å²) in [6.45, 7) is 2.52. The lowest BCUT2D eigenvalue weighted by Crippen LogP contribution is -2.46. The Bertz CT molecular complexity index is 774. The molecule has 2 aliphatic rings. The Balaban J connectivity index is 1.50. The summed E-state index contributed by atoms with van der Waals surface area (Å²) in [5.74, 6) is -1.62. The maximum absolute atomic E-state index is 12.4. The van der Waals surface area contributed by atoms with E-state index in [9.17, 15) is 19.2 Å². The molecule has 1 saturated heterocycles. The van der Waals surface area contributed by atoms with Crippen LogP contribution in [0.25, 0.3) is 0 Å². The van der Waals surface area contributed by atoms with Gasteiger partial charge in [-0.05, 0) is 44.2 Å². The number of esters is 1. The number of anilines is 1. The second kappa shape index (κ2) is 6.78. The normalized spacial score (nSPS) is 22.2. The first-order valence-electron chi connectivity index (χ1n) is 8.46. The molecule has 3 rings (SSSR count). The molecule has 4 amide bonds. The van der Waals surface area contributed by atoms with Gasteiger partial charge in [0.25, 0.3) is 11.8 Å². The first kappa shape index (κ1) is 17.9. The van der Waals surface area contributed by atoms with E-state index in [0.29, 0.717) is 5.69 Å². The summed E-state index contributed by atoms with van der Waals surface area (Å²) in [6.07, 6.45) is 1.75. The molecule has 0 spiro atoms. The molecule has 2 fully saturated rings. The van der Waals surface area contributed by atoms with Crippen molar-refractivity contribution in [2.24, 2.45) is 5.92 Å². The van der Waals surface area contributed by atoms with Gasteiger partial charge < -0.3 is 15.4 Å². The van der Waals surface area contributed by atoms with Crippen LogP contribution in [0, 0.1) is 12.8 Å². The molecular formula is C18H21N3O5. The molecule has 1 heterocycles. The van der Waals surface area contributed by atoms with Crippen molar-refractivity contribution in [3.05, 3.63) is 29.8 Å². The van der Waals surface area contributed by atoms with E-state index in [4.69, 9.17) is 4.74 Å². The smallest absolute Gasteiger partial charge is 0.326 e. The zero-order valence-corrected chi connectivity index (χ0v) is 14.7. The van der Waals surface area contributed by atoms with Gasteiger partial charge in [-0.15, -0.1) is 0 Å². The number of nitrogens with one attached hydrogen (secondary N) is 2. The molecule has 26 heavy (non-hydrogen) atoms. The number of urea groups is 1. The van der Waals surface area contributed by atoms with Gasteiger partial charge in [0.15, 0.2) is 6.61 Å². The first-order valence-corrected chi connectivity index (χ1v) is 8.46. The number of ether oxygens (including phenoxy) is 1. The summed E-state index contributed by atoms with van der Waals surface area (Å²) in [5, 5.41) is 5.29. The number of amides is 4. The number of benzene rings is 1. The molecule has 0 aromatic heterocycles. The Morgan fingerprint density at radius 1 is 1.31 bits per heavy atom. The maximum Gasteiger partial charge on any atom is 0.326 e. The molecule has 1 aliphatic heterocycles. The van der Waals surface area contributed by atoms with Gasteiger partial charge in [0.2, 0.25) is 0 Å². The molecule has 8 heteroatoms. The van der Waals surface area contributed by atoms with E-state index in [-0.39, 0.29) is 5.92 Å². The van der Waals surface area contributed by atoms with E-state index in [1.807, 2.05) is 19.1 Å². The van der Waals surface area contributed by atoms with Crippen LogP contribution in [0.1, 0.15) is 25.3 Å². The third-order valence-electron chi connectivity index (χ3n) is 4.77. The predicted molar refractivity (Wildman–Crippen MR) is 92.1 cm³/mol. The van der Waals surface area contributed by atoms with Gasteiger partial charge in [-0.1, -0.05) is 18.2 Å². The summed E-state index contributed by atoms with van der Waals surface area (Å²) in [5.41, 5.74) is 0.563. The highest BCUT2D eigenvalue weighted by atomic mass is 16.5. The van der Waals surface area contributed by atoms with E-state index in [1.54, 1.807) is 19.1 Å². The molecule has 1 aromatic rings. The number of aryl methyl sites for hydroxylation is 1. The summed E-state index contributed by atoms with van der Waals surface area (Å²) in [6, 6.07) is 6.60. The molecule has 0 bridgehead atoms. The Labute approximate surface area is 150 Å². The monoisotopic (exact) mass is 359 g/mol. The van der Waals surface area contributed by atoms with Gasteiger partial charge in [0, 0.05) is 5.69 Å². The third kappa shape index (κ3) is 3.54. The number of imide groups is 1. The van der Waals surface area contributed by atoms with E-state index in [1.165, 1.54) is 0 Å². The number of hydrogen-bond acceptors (Lipinski definition) is 5. The van der Waals surface area contributed by atoms with E-state index < -0.39 is 42.5 Å². The van der Waals surface area contributed by atoms with Crippen molar-refractivity contribution in [1.29, 1.82) is 0 Å². The quantitative estimate of drug-likeness (QED) is 0.586. The number of carbonyl (C=O) groups excluding carboxylic acids is 4. The Hall–Kier alpha value is -2.90. The zero-order chi connectivity index (χ0) is 18.9. The minimum atomic E-state index is -0.945. The lowest BCUT2D eigenvalue weighted by molar-refractivity contribution is -0.150. The minimum absolute atomic E-state index is 0.111. The standard InChI is InChI=1S/C18H21N3O5/c1-11-5-3-4-6-13(11)19-14(22)10-26-15(23)9-21-16(24)18(2,12-7-8-12)20-17(21)25/h3-6,12H,7-10H2,1-2H3,(H,19,22)(H,20,25)/t18-/m1/s1. The van der Waals surface area contributed by atoms with E-state index >= 15 is 0 Å². The highest BCUT2D eigenvalue weighted by molar-refractivity contribution is 6.09. The molecule has 0 radical (unpaired) electrons. The number of hydrogen-bond donors (Lipinski definition) is 2. The fraction of sp³-hybridized carbons (Fsp3) is 0.444. The van der Waals surface area contributed by atoms with Gasteiger partial charge >= 0.3 is 12.0 Å². The van der Waals surface area contributed by atoms with Gasteiger partial charge in [0.05, 0.1) is 0 Å². The lowest BCUT2D eigenvalue weighted by atomic mass is 9.96. The van der Waals surface area contributed by atoms with Gasteiger partial charge in [-0.25, -0.2) is 4.79 Å². The lowest BCUT2D eigenvalue weighted by Gasteiger charge is -2.20. The second-order valence-electron chi connectivity index (χ2n) is 6.82. The topological polar surface area (TPSA) is 105 Å². The van der Waals surface area contributed by atoms with Gasteiger partial charge in [0.1, 0.15) is 12.1 Å². The summed E-state index contributed by atoms with van der Waals surface area (Å²) < 4.78 is 4.89. The number of para-hydroxylation sites is 1. The molecule has 1 atom stereocenters. The predicted octanol–water partition coefficient (Wildman–Crippen LogP) is 1.20. The molecule has 1 aliphatic carbocycles. The largest absolute Gasteiger partial charge is 0.454 e. The molecule has 2 N–H and O–H groups in total. The van der Waals surface area contributed by atoms with E-state index in [0.717, 1.165) is 23.3 Å². The number of nitrogens with zero attached hydrogens (tertiary/aromatic N) is 1. The minimum Gasteiger partial charge on any atom is -0.454 e. The van der Waals surface area contributed by atoms with Crippen molar-refractivity contribution in [2.45, 2.75) is 32.2 Å². The van der Waals surface area contributed by atoms with E-state index in [2.05, 4.69) is 10.6 Å². The SMILES string of the molecule is Cc1ccccc1NC(=O)COC(=O)CN1C(=O)N[C@](C)(C2CC2)C1=O. The van der Waals surface area contributed by atoms with Crippen molar-refractivity contribution in [1.82, 2.24) is 10.2 Å². The fourth-order valence-corrected chi connectivity index (χ4v) is 3.02. The van der Waals surface area contributed by atoms with Crippen LogP contribution in [-0.4, -0.2) is 47.4 Å². The van der Waals surface area contributed by atoms with Gasteiger partial charge in [-0.3, -0.25) is 19.3 Å². The fourth-order valence-electron chi connectivity index (χ4n) is 3.02. The highest BCUT2D eigenvalue weighted by Crippen LogP contribution is 2.42. The Morgan fingerprint density at radius 2 is 2.00 bits per heavy atom. The van der Waals surface area contributed by atoms with Crippen LogP contribution in [0.3, 0.4) is 0 Å². The molecular weight excluding hydrogens is 338 g/mol. The average Bonchev–Trinajstić information content (AvgIpc) is 3.41. The van der Waals surface area contributed by atoms with Crippen molar-refractivity contribution >= 4 is 29.5 Å². The first-order chi connectivity index (χ1) is 12.3. The van der Waals surface area contributed by atoms with Crippen LogP contribution in [0.15, 0.2) is 24.3 Å². The summed E-state index contributed by atoms with van der Waals surface area (Å²) in [7, 11) is 0. The summed E-state index contributed by atoms with van der Waals surface area (Å²) >= 11 is 0. The zero-order valence-electron chi connectivity index (χ0n) is 14.7. The average molecular weight is 359 g/mol. The van der Waals surface area contributed by atoms with Crippen LogP contribution >= 0.6 is 0 Å². The van der Waals surface area contributed by atoms with Crippen LogP contribution in [-0.2, 0) is 19.1 Å². The van der Waals surface area contributed by atoms with Crippen molar-refractivity contribution in [3.63, 3.8) is 0 Å². The van der Waals surface area contributed by atoms with Crippen LogP contribution in [0.5, 0.6) is 0 Å². The van der Waals surface area contributed by atoms with Gasteiger partial charge in [-0.2, -0.15) is 0 Å². The Morgan fingerprint density at radius 3 is 2.65 bits per heavy atom. The molecule has 138 valence electrons. The van der Waals surface area contributed by atoms with Crippen LogP contribution in [0.4, 0.5) is 10.5 Å². The van der Waals surface area contributed by atoms with Crippen molar-refractivity contribution in [3.8, 4) is 0 Å². The number of carbonyl (C=O) groups is 4. The molecule has 1 saturated carbocycles. The maximum atomic E-state index is 12.4. The summed E-state index contributed by atoms with van der Waals surface area (Å²) in [4.78, 5) is 49.1. The van der Waals surface area contributed by atoms with Crippen LogP contribution in [0.2, 0.25) is 0 Å². The molecule has 1 aromatic carbocycles.